The standard InChI is InChI=1S/C17H27O4/c1-2-13(16(14(18)19)9-5-3-6-10-16)17(15(20)21)11-7-4-8-12-17/h13H,1-12H2,(H,18,19)(H,20,21). The molecule has 0 aromatic rings. The van der Waals surface area contributed by atoms with Gasteiger partial charge < -0.3 is 10.2 Å². The van der Waals surface area contributed by atoms with Crippen molar-refractivity contribution in [2.45, 2.75) is 70.6 Å². The van der Waals surface area contributed by atoms with Gasteiger partial charge in [0.15, 0.2) is 0 Å². The van der Waals surface area contributed by atoms with E-state index in [1.165, 1.54) is 0 Å². The Morgan fingerprint density at radius 2 is 1.14 bits per heavy atom. The smallest absolute Gasteiger partial charge is 0.309 e. The Kier molecular flexibility index (Phi) is 4.95. The summed E-state index contributed by atoms with van der Waals surface area (Å²) in [5.74, 6) is -1.95. The van der Waals surface area contributed by atoms with Crippen LogP contribution in [0.5, 0.6) is 0 Å². The van der Waals surface area contributed by atoms with Crippen LogP contribution >= 0.6 is 0 Å². The molecule has 0 bridgehead atoms. The third kappa shape index (κ3) is 2.69. The molecule has 0 spiro atoms. The first-order valence-corrected chi connectivity index (χ1v) is 8.26. The molecule has 2 saturated carbocycles. The fraction of sp³-hybridized carbons (Fsp3) is 0.824. The zero-order valence-electron chi connectivity index (χ0n) is 12.8. The van der Waals surface area contributed by atoms with E-state index in [9.17, 15) is 19.8 Å². The normalized spacial score (nSPS) is 24.7. The SMILES string of the molecule is [CH2]CC(C1(C(=O)O)CCCCC1)C1(C(=O)O)CCCCC1. The fourth-order valence-electron chi connectivity index (χ4n) is 4.87. The van der Waals surface area contributed by atoms with E-state index in [1.54, 1.807) is 0 Å². The van der Waals surface area contributed by atoms with Gasteiger partial charge in [-0.1, -0.05) is 45.4 Å². The van der Waals surface area contributed by atoms with Gasteiger partial charge in [0.05, 0.1) is 10.8 Å². The van der Waals surface area contributed by atoms with Crippen molar-refractivity contribution in [3.05, 3.63) is 6.92 Å². The summed E-state index contributed by atoms with van der Waals surface area (Å²) in [6, 6.07) is 0. The second kappa shape index (κ2) is 6.37. The van der Waals surface area contributed by atoms with E-state index in [4.69, 9.17) is 0 Å². The summed E-state index contributed by atoms with van der Waals surface area (Å²) >= 11 is 0. The molecule has 0 aromatic carbocycles. The molecule has 2 fully saturated rings. The number of rotatable bonds is 5. The predicted octanol–water partition coefficient (Wildman–Crippen LogP) is 3.90. The summed E-state index contributed by atoms with van der Waals surface area (Å²) in [4.78, 5) is 24.1. The van der Waals surface area contributed by atoms with Crippen molar-refractivity contribution in [2.75, 3.05) is 0 Å². The largest absolute Gasteiger partial charge is 0.481 e. The highest BCUT2D eigenvalue weighted by Crippen LogP contribution is 2.56. The first-order chi connectivity index (χ1) is 9.99. The molecule has 2 N–H and O–H groups in total. The predicted molar refractivity (Wildman–Crippen MR) is 79.8 cm³/mol. The van der Waals surface area contributed by atoms with Crippen LogP contribution in [0.1, 0.15) is 70.6 Å². The van der Waals surface area contributed by atoms with Gasteiger partial charge in [-0.25, -0.2) is 0 Å². The van der Waals surface area contributed by atoms with Crippen LogP contribution in [0.2, 0.25) is 0 Å². The summed E-state index contributed by atoms with van der Waals surface area (Å²) in [6.07, 6.45) is 8.49. The van der Waals surface area contributed by atoms with E-state index >= 15 is 0 Å². The summed E-state index contributed by atoms with van der Waals surface area (Å²) in [5, 5.41) is 19.8. The molecule has 2 aliphatic rings. The highest BCUT2D eigenvalue weighted by atomic mass is 16.4. The van der Waals surface area contributed by atoms with Gasteiger partial charge in [-0.2, -0.15) is 0 Å². The summed E-state index contributed by atoms with van der Waals surface area (Å²) in [6.45, 7) is 3.96. The maximum absolute atomic E-state index is 12.1. The van der Waals surface area contributed by atoms with Gasteiger partial charge in [0, 0.05) is 0 Å². The van der Waals surface area contributed by atoms with E-state index in [0.29, 0.717) is 32.1 Å². The maximum atomic E-state index is 12.1. The third-order valence-electron chi connectivity index (χ3n) is 5.97. The van der Waals surface area contributed by atoms with Crippen LogP contribution in [0.4, 0.5) is 0 Å². The molecule has 0 aliphatic heterocycles. The molecule has 2 rings (SSSR count). The minimum atomic E-state index is -0.879. The van der Waals surface area contributed by atoms with Gasteiger partial charge in [0.2, 0.25) is 0 Å². The number of carboxylic acids is 2. The lowest BCUT2D eigenvalue weighted by Gasteiger charge is -2.49. The average molecular weight is 295 g/mol. The molecule has 4 heteroatoms. The topological polar surface area (TPSA) is 74.6 Å². The summed E-state index contributed by atoms with van der Waals surface area (Å²) < 4.78 is 0. The van der Waals surface area contributed by atoms with Crippen molar-refractivity contribution >= 4 is 11.9 Å². The van der Waals surface area contributed by atoms with E-state index in [-0.39, 0.29) is 5.92 Å². The average Bonchev–Trinajstić information content (AvgIpc) is 2.49. The molecule has 1 radical (unpaired) electrons. The van der Waals surface area contributed by atoms with Gasteiger partial charge >= 0.3 is 11.9 Å². The summed E-state index contributed by atoms with van der Waals surface area (Å²) in [7, 11) is 0. The molecule has 0 aromatic heterocycles. The molecule has 119 valence electrons. The Morgan fingerprint density at radius 1 is 0.810 bits per heavy atom. The van der Waals surface area contributed by atoms with Crippen LogP contribution in [0, 0.1) is 23.7 Å². The van der Waals surface area contributed by atoms with Crippen molar-refractivity contribution in [1.82, 2.24) is 0 Å². The van der Waals surface area contributed by atoms with Crippen LogP contribution in [-0.4, -0.2) is 22.2 Å². The zero-order chi connectivity index (χ0) is 15.5. The second-order valence-electron chi connectivity index (χ2n) is 6.89. The zero-order valence-corrected chi connectivity index (χ0v) is 12.8. The van der Waals surface area contributed by atoms with Crippen molar-refractivity contribution < 1.29 is 19.8 Å². The number of carboxylic acid groups (broad SMARTS) is 2. The lowest BCUT2D eigenvalue weighted by Crippen LogP contribution is -2.52. The monoisotopic (exact) mass is 295 g/mol. The van der Waals surface area contributed by atoms with E-state index in [0.717, 1.165) is 38.5 Å². The number of aliphatic carboxylic acids is 2. The molecule has 4 nitrogen and oxygen atoms in total. The highest BCUT2D eigenvalue weighted by molar-refractivity contribution is 5.80. The Bertz CT molecular complexity index is 354. The van der Waals surface area contributed by atoms with E-state index in [2.05, 4.69) is 6.92 Å². The fourth-order valence-corrected chi connectivity index (χ4v) is 4.87. The van der Waals surface area contributed by atoms with Gasteiger partial charge in [0.1, 0.15) is 0 Å². The highest BCUT2D eigenvalue weighted by Gasteiger charge is 2.57. The van der Waals surface area contributed by atoms with E-state index < -0.39 is 22.8 Å². The van der Waals surface area contributed by atoms with Crippen molar-refractivity contribution in [3.8, 4) is 0 Å². The van der Waals surface area contributed by atoms with Gasteiger partial charge in [-0.15, -0.1) is 0 Å². The molecular weight excluding hydrogens is 268 g/mol. The van der Waals surface area contributed by atoms with Crippen molar-refractivity contribution in [3.63, 3.8) is 0 Å². The molecule has 0 unspecified atom stereocenters. The molecule has 21 heavy (non-hydrogen) atoms. The van der Waals surface area contributed by atoms with Gasteiger partial charge in [0.25, 0.3) is 0 Å². The minimum absolute atomic E-state index is 0.347. The molecule has 0 heterocycles. The number of hydrogen-bond donors (Lipinski definition) is 2. The van der Waals surface area contributed by atoms with Crippen molar-refractivity contribution in [2.24, 2.45) is 16.7 Å². The Morgan fingerprint density at radius 3 is 1.38 bits per heavy atom. The molecular formula is C17H27O4. The van der Waals surface area contributed by atoms with Gasteiger partial charge in [-0.05, 0) is 38.0 Å². The Balaban J connectivity index is 2.42. The van der Waals surface area contributed by atoms with Crippen LogP contribution in [0.3, 0.4) is 0 Å². The van der Waals surface area contributed by atoms with Gasteiger partial charge in [-0.3, -0.25) is 9.59 Å². The maximum Gasteiger partial charge on any atom is 0.309 e. The Labute approximate surface area is 126 Å². The molecule has 0 saturated heterocycles. The van der Waals surface area contributed by atoms with Crippen LogP contribution < -0.4 is 0 Å². The summed E-state index contributed by atoms with van der Waals surface area (Å²) in [5.41, 5.74) is -1.76. The van der Waals surface area contributed by atoms with Crippen LogP contribution in [-0.2, 0) is 9.59 Å². The van der Waals surface area contributed by atoms with E-state index in [1.807, 2.05) is 0 Å². The Hall–Kier alpha value is -1.06. The van der Waals surface area contributed by atoms with Crippen LogP contribution in [0.15, 0.2) is 0 Å². The second-order valence-corrected chi connectivity index (χ2v) is 6.89. The third-order valence-corrected chi connectivity index (χ3v) is 5.97. The molecule has 0 atom stereocenters. The first-order valence-electron chi connectivity index (χ1n) is 8.26. The lowest BCUT2D eigenvalue weighted by atomic mass is 9.52. The number of carbonyl (C=O) groups is 2. The molecule has 0 amide bonds. The lowest BCUT2D eigenvalue weighted by molar-refractivity contribution is -0.173. The quantitative estimate of drug-likeness (QED) is 0.806. The number of hydrogen-bond acceptors (Lipinski definition) is 2. The first kappa shape index (κ1) is 16.3. The van der Waals surface area contributed by atoms with Crippen molar-refractivity contribution in [1.29, 1.82) is 0 Å². The molecule has 2 aliphatic carbocycles. The minimum Gasteiger partial charge on any atom is -0.481 e. The van der Waals surface area contributed by atoms with Crippen LogP contribution in [0.25, 0.3) is 0 Å².